The Morgan fingerprint density at radius 3 is 2.67 bits per heavy atom. The van der Waals surface area contributed by atoms with E-state index in [4.69, 9.17) is 12.2 Å². The van der Waals surface area contributed by atoms with Crippen LogP contribution >= 0.6 is 24.0 Å². The lowest BCUT2D eigenvalue weighted by Crippen LogP contribution is -2.43. The minimum Gasteiger partial charge on any atom is -0.480 e. The van der Waals surface area contributed by atoms with Gasteiger partial charge in [-0.3, -0.25) is 9.69 Å². The molecule has 1 N–H and O–H groups in total. The zero-order chi connectivity index (χ0) is 15.4. The molecule has 1 fully saturated rings. The van der Waals surface area contributed by atoms with Crippen molar-refractivity contribution in [3.05, 3.63) is 40.8 Å². The fourth-order valence-electron chi connectivity index (χ4n) is 2.09. The molecule has 0 aromatic heterocycles. The van der Waals surface area contributed by atoms with Gasteiger partial charge >= 0.3 is 5.97 Å². The lowest BCUT2D eigenvalue weighted by atomic mass is 10.1. The van der Waals surface area contributed by atoms with Gasteiger partial charge in [-0.1, -0.05) is 67.7 Å². The summed E-state index contributed by atoms with van der Waals surface area (Å²) in [4.78, 5) is 25.5. The molecule has 0 radical (unpaired) electrons. The van der Waals surface area contributed by atoms with Crippen LogP contribution in [0.1, 0.15) is 25.3 Å². The SMILES string of the molecule is CCCC(C(=O)O)N1C(=O)/C(=C/c2ccccc2)SC1=S. The number of carbonyl (C=O) groups excluding carboxylic acids is 1. The average Bonchev–Trinajstić information content (AvgIpc) is 2.72. The molecule has 0 spiro atoms. The predicted molar refractivity (Wildman–Crippen MR) is 87.8 cm³/mol. The Morgan fingerprint density at radius 2 is 2.10 bits per heavy atom. The van der Waals surface area contributed by atoms with E-state index in [0.29, 0.717) is 22.1 Å². The van der Waals surface area contributed by atoms with Crippen molar-refractivity contribution >= 4 is 46.3 Å². The molecule has 1 aliphatic rings. The Morgan fingerprint density at radius 1 is 1.43 bits per heavy atom. The Labute approximate surface area is 132 Å². The zero-order valence-electron chi connectivity index (χ0n) is 11.5. The summed E-state index contributed by atoms with van der Waals surface area (Å²) in [5.41, 5.74) is 0.889. The molecule has 1 aromatic carbocycles. The number of aliphatic carboxylic acids is 1. The molecule has 1 aliphatic heterocycles. The third-order valence-corrected chi connectivity index (χ3v) is 4.41. The summed E-state index contributed by atoms with van der Waals surface area (Å²) in [5, 5.41) is 9.29. The van der Waals surface area contributed by atoms with E-state index < -0.39 is 12.0 Å². The van der Waals surface area contributed by atoms with Crippen molar-refractivity contribution in [3.63, 3.8) is 0 Å². The highest BCUT2D eigenvalue weighted by Crippen LogP contribution is 2.34. The van der Waals surface area contributed by atoms with Crippen molar-refractivity contribution in [2.24, 2.45) is 0 Å². The number of benzene rings is 1. The van der Waals surface area contributed by atoms with Gasteiger partial charge in [0, 0.05) is 0 Å². The number of thiocarbonyl (C=S) groups is 1. The maximum Gasteiger partial charge on any atom is 0.326 e. The summed E-state index contributed by atoms with van der Waals surface area (Å²) in [6.07, 6.45) is 2.80. The molecule has 6 heteroatoms. The van der Waals surface area contributed by atoms with Crippen molar-refractivity contribution in [2.75, 3.05) is 0 Å². The third kappa shape index (κ3) is 3.51. The van der Waals surface area contributed by atoms with Gasteiger partial charge in [0.15, 0.2) is 0 Å². The third-order valence-electron chi connectivity index (χ3n) is 3.08. The summed E-state index contributed by atoms with van der Waals surface area (Å²) < 4.78 is 0.308. The van der Waals surface area contributed by atoms with E-state index in [0.717, 1.165) is 17.3 Å². The monoisotopic (exact) mass is 321 g/mol. The second kappa shape index (κ2) is 6.87. The van der Waals surface area contributed by atoms with Crippen molar-refractivity contribution in [2.45, 2.75) is 25.8 Å². The maximum atomic E-state index is 12.4. The lowest BCUT2D eigenvalue weighted by Gasteiger charge is -2.22. The molecule has 1 aromatic rings. The highest BCUT2D eigenvalue weighted by atomic mass is 32.2. The first-order valence-corrected chi connectivity index (χ1v) is 7.82. The summed E-state index contributed by atoms with van der Waals surface area (Å²) in [7, 11) is 0. The molecule has 1 saturated heterocycles. The van der Waals surface area contributed by atoms with Crippen LogP contribution in [0.15, 0.2) is 35.2 Å². The van der Waals surface area contributed by atoms with Crippen LogP contribution in [-0.4, -0.2) is 32.2 Å². The molecular weight excluding hydrogens is 306 g/mol. The van der Waals surface area contributed by atoms with Gasteiger partial charge in [0.1, 0.15) is 10.4 Å². The van der Waals surface area contributed by atoms with Crippen LogP contribution in [0.25, 0.3) is 6.08 Å². The minimum absolute atomic E-state index is 0.308. The molecule has 0 aliphatic carbocycles. The van der Waals surface area contributed by atoms with Crippen molar-refractivity contribution in [1.29, 1.82) is 0 Å². The number of carboxylic acid groups (broad SMARTS) is 1. The first-order chi connectivity index (χ1) is 10.0. The second-order valence-corrected chi connectivity index (χ2v) is 6.28. The molecule has 0 saturated carbocycles. The topological polar surface area (TPSA) is 57.6 Å². The summed E-state index contributed by atoms with van der Waals surface area (Å²) in [5.74, 6) is -1.34. The first kappa shape index (κ1) is 15.7. The van der Waals surface area contributed by atoms with E-state index in [1.807, 2.05) is 37.3 Å². The van der Waals surface area contributed by atoms with Gasteiger partial charge in [-0.15, -0.1) is 0 Å². The average molecular weight is 321 g/mol. The molecule has 1 atom stereocenters. The first-order valence-electron chi connectivity index (χ1n) is 6.59. The van der Waals surface area contributed by atoms with Gasteiger partial charge in [0.25, 0.3) is 5.91 Å². The fourth-order valence-corrected chi connectivity index (χ4v) is 3.44. The highest BCUT2D eigenvalue weighted by molar-refractivity contribution is 8.26. The normalized spacial score (nSPS) is 18.3. The smallest absolute Gasteiger partial charge is 0.326 e. The number of amides is 1. The molecule has 1 amide bonds. The van der Waals surface area contributed by atoms with E-state index in [2.05, 4.69) is 0 Å². The van der Waals surface area contributed by atoms with Crippen molar-refractivity contribution in [3.8, 4) is 0 Å². The fraction of sp³-hybridized carbons (Fsp3) is 0.267. The van der Waals surface area contributed by atoms with E-state index in [-0.39, 0.29) is 5.91 Å². The summed E-state index contributed by atoms with van der Waals surface area (Å²) >= 11 is 6.34. The van der Waals surface area contributed by atoms with Gasteiger partial charge in [-0.2, -0.15) is 0 Å². The summed E-state index contributed by atoms with van der Waals surface area (Å²) in [6.45, 7) is 1.88. The number of carbonyl (C=O) groups is 2. The van der Waals surface area contributed by atoms with E-state index in [1.165, 1.54) is 4.90 Å². The Hall–Kier alpha value is -1.66. The predicted octanol–water partition coefficient (Wildman–Crippen LogP) is 3.14. The van der Waals surface area contributed by atoms with E-state index in [9.17, 15) is 14.7 Å². The van der Waals surface area contributed by atoms with Crippen LogP contribution in [0.3, 0.4) is 0 Å². The maximum absolute atomic E-state index is 12.4. The molecule has 110 valence electrons. The lowest BCUT2D eigenvalue weighted by molar-refractivity contribution is -0.145. The highest BCUT2D eigenvalue weighted by Gasteiger charge is 2.39. The number of rotatable bonds is 5. The number of hydrogen-bond acceptors (Lipinski definition) is 4. The second-order valence-electron chi connectivity index (χ2n) is 4.61. The molecule has 1 heterocycles. The van der Waals surface area contributed by atoms with Gasteiger partial charge < -0.3 is 5.11 Å². The van der Waals surface area contributed by atoms with Crippen molar-refractivity contribution in [1.82, 2.24) is 4.90 Å². The number of carboxylic acids is 1. The van der Waals surface area contributed by atoms with Crippen LogP contribution in [0, 0.1) is 0 Å². The molecule has 2 rings (SSSR count). The molecule has 21 heavy (non-hydrogen) atoms. The molecule has 4 nitrogen and oxygen atoms in total. The molecule has 0 bridgehead atoms. The van der Waals surface area contributed by atoms with Crippen LogP contribution < -0.4 is 0 Å². The van der Waals surface area contributed by atoms with Crippen molar-refractivity contribution < 1.29 is 14.7 Å². The van der Waals surface area contributed by atoms with Crippen LogP contribution in [-0.2, 0) is 9.59 Å². The van der Waals surface area contributed by atoms with Crippen LogP contribution in [0.5, 0.6) is 0 Å². The van der Waals surface area contributed by atoms with Gasteiger partial charge in [-0.05, 0) is 18.1 Å². The van der Waals surface area contributed by atoms with Gasteiger partial charge in [-0.25, -0.2) is 4.79 Å². The number of hydrogen-bond donors (Lipinski definition) is 1. The minimum atomic E-state index is -1.02. The van der Waals surface area contributed by atoms with Gasteiger partial charge in [0.05, 0.1) is 4.91 Å². The standard InChI is InChI=1S/C15H15NO3S2/c1-2-6-11(14(18)19)16-13(17)12(21-15(16)20)9-10-7-4-3-5-8-10/h3-5,7-9,11H,2,6H2,1H3,(H,18,19)/b12-9-. The van der Waals surface area contributed by atoms with E-state index >= 15 is 0 Å². The van der Waals surface area contributed by atoms with Gasteiger partial charge in [0.2, 0.25) is 0 Å². The molecular formula is C15H15NO3S2. The quantitative estimate of drug-likeness (QED) is 0.667. The number of thioether (sulfide) groups is 1. The Balaban J connectivity index is 2.28. The Bertz CT molecular complexity index is 598. The zero-order valence-corrected chi connectivity index (χ0v) is 13.1. The van der Waals surface area contributed by atoms with E-state index in [1.54, 1.807) is 6.08 Å². The Kier molecular flexibility index (Phi) is 5.14. The molecule has 1 unspecified atom stereocenters. The largest absolute Gasteiger partial charge is 0.480 e. The summed E-state index contributed by atoms with van der Waals surface area (Å²) in [6, 6.07) is 8.53. The van der Waals surface area contributed by atoms with Crippen LogP contribution in [0.4, 0.5) is 0 Å². The van der Waals surface area contributed by atoms with Crippen LogP contribution in [0.2, 0.25) is 0 Å². The number of nitrogens with zero attached hydrogens (tertiary/aromatic N) is 1.